The molecule has 0 aromatic heterocycles. The molecule has 0 amide bonds. The summed E-state index contributed by atoms with van der Waals surface area (Å²) in [5, 5.41) is 17.9. The fourth-order valence-corrected chi connectivity index (χ4v) is 14.0. The quantitative estimate of drug-likeness (QED) is 0.129. The minimum absolute atomic E-state index is 0.0976. The molecule has 0 aliphatic carbocycles. The van der Waals surface area contributed by atoms with Crippen LogP contribution in [0.25, 0.3) is 86.5 Å². The Morgan fingerprint density at radius 2 is 0.630 bits per heavy atom. The van der Waals surface area contributed by atoms with Crippen LogP contribution in [0.5, 0.6) is 0 Å². The van der Waals surface area contributed by atoms with Crippen LogP contribution >= 0.6 is 0 Å². The highest BCUT2D eigenvalue weighted by Gasteiger charge is 2.46. The van der Waals surface area contributed by atoms with E-state index in [0.717, 1.165) is 0 Å². The van der Waals surface area contributed by atoms with Crippen LogP contribution in [-0.2, 0) is 21.7 Å². The first-order valence-corrected chi connectivity index (χ1v) is 29.3. The van der Waals surface area contributed by atoms with Gasteiger partial charge in [0, 0.05) is 44.9 Å². The first-order chi connectivity index (χ1) is 38.7. The Kier molecular flexibility index (Phi) is 10.5. The van der Waals surface area contributed by atoms with Crippen molar-refractivity contribution in [3.8, 4) is 11.1 Å². The van der Waals surface area contributed by atoms with E-state index in [9.17, 15) is 0 Å². The molecule has 0 radical (unpaired) electrons. The van der Waals surface area contributed by atoms with E-state index in [2.05, 4.69) is 293 Å². The van der Waals surface area contributed by atoms with E-state index in [1.54, 1.807) is 0 Å². The molecule has 2 heterocycles. The molecule has 0 saturated carbocycles. The Bertz CT molecular complexity index is 4460. The summed E-state index contributed by atoms with van der Waals surface area (Å²) < 4.78 is 0. The molecule has 2 nitrogen and oxygen atoms in total. The molecule has 0 saturated heterocycles. The Labute approximate surface area is 478 Å². The number of fused-ring (bicyclic) bond motifs is 12. The first-order valence-electron chi connectivity index (χ1n) is 29.3. The maximum atomic E-state index is 2.71. The Morgan fingerprint density at radius 1 is 0.284 bits per heavy atom. The number of benzene rings is 13. The van der Waals surface area contributed by atoms with Crippen molar-refractivity contribution in [2.24, 2.45) is 0 Å². The lowest BCUT2D eigenvalue weighted by Crippen LogP contribution is -2.61. The Hall–Kier alpha value is -8.40. The Balaban J connectivity index is 1.15. The maximum absolute atomic E-state index is 2.71. The highest BCUT2D eigenvalue weighted by molar-refractivity contribution is 7.01. The van der Waals surface area contributed by atoms with E-state index >= 15 is 0 Å². The highest BCUT2D eigenvalue weighted by atomic mass is 15.2. The average molecular weight is 1050 g/mol. The lowest BCUT2D eigenvalue weighted by molar-refractivity contribution is 0.568. The predicted octanol–water partition coefficient (Wildman–Crippen LogP) is 20.1. The molecule has 0 N–H and O–H groups in total. The van der Waals surface area contributed by atoms with Gasteiger partial charge in [-0.1, -0.05) is 235 Å². The fraction of sp³-hybridized carbons (Fsp3) is 0.205. The number of hydrogen-bond donors (Lipinski definition) is 0. The van der Waals surface area contributed by atoms with E-state index in [1.165, 1.54) is 159 Å². The van der Waals surface area contributed by atoms with E-state index in [0.29, 0.717) is 0 Å². The van der Waals surface area contributed by atoms with Crippen LogP contribution < -0.4 is 26.2 Å². The van der Waals surface area contributed by atoms with Gasteiger partial charge in [-0.15, -0.1) is 0 Å². The molecule has 3 heteroatoms. The third kappa shape index (κ3) is 7.60. The number of nitrogens with zero attached hydrogens (tertiary/aromatic N) is 2. The second-order valence-electron chi connectivity index (χ2n) is 27.8. The van der Waals surface area contributed by atoms with Gasteiger partial charge in [-0.25, -0.2) is 0 Å². The van der Waals surface area contributed by atoms with Gasteiger partial charge in [-0.3, -0.25) is 0 Å². The molecule has 394 valence electrons. The molecular weight excluding hydrogens is 976 g/mol. The molecular formula is C78H69BN2. The fourth-order valence-electron chi connectivity index (χ4n) is 14.0. The summed E-state index contributed by atoms with van der Waals surface area (Å²) in [5.41, 5.74) is 18.6. The van der Waals surface area contributed by atoms with Crippen LogP contribution in [0.4, 0.5) is 34.1 Å². The third-order valence-corrected chi connectivity index (χ3v) is 18.4. The number of anilines is 6. The minimum Gasteiger partial charge on any atom is -0.311 e. The Morgan fingerprint density at radius 3 is 1.05 bits per heavy atom. The average Bonchev–Trinajstić information content (AvgIpc) is 3.56. The summed E-state index contributed by atoms with van der Waals surface area (Å²) in [6.07, 6.45) is 0. The van der Waals surface area contributed by atoms with E-state index < -0.39 is 0 Å². The van der Waals surface area contributed by atoms with Crippen molar-refractivity contribution in [3.05, 3.63) is 222 Å². The highest BCUT2D eigenvalue weighted by Crippen LogP contribution is 2.52. The van der Waals surface area contributed by atoms with E-state index in [-0.39, 0.29) is 28.4 Å². The molecule has 81 heavy (non-hydrogen) atoms. The van der Waals surface area contributed by atoms with Crippen molar-refractivity contribution in [1.82, 2.24) is 0 Å². The van der Waals surface area contributed by atoms with Gasteiger partial charge in [0.1, 0.15) is 0 Å². The zero-order chi connectivity index (χ0) is 55.8. The first kappa shape index (κ1) is 49.6. The van der Waals surface area contributed by atoms with E-state index in [4.69, 9.17) is 0 Å². The van der Waals surface area contributed by atoms with Crippen LogP contribution in [0.2, 0.25) is 0 Å². The van der Waals surface area contributed by atoms with Gasteiger partial charge in [0.15, 0.2) is 0 Å². The topological polar surface area (TPSA) is 6.48 Å². The molecule has 0 bridgehead atoms. The van der Waals surface area contributed by atoms with Gasteiger partial charge in [0.2, 0.25) is 0 Å². The molecule has 0 spiro atoms. The standard InChI is InChI=1S/C78H69BN2/c1-75(2,3)54-40-55(76(4,5)6)43-58(42-54)80-68-38-53(52-36-50-26-24-48-20-17-21-49-25-27-51(37-52)71(50)70(48)49)39-69-72(68)79(66-34-32-62-60-22-15-13-18-46(60)28-30-64(62)73(66)80)67-35-33-63-61-23-16-14-19-47(61)29-31-65(63)74(67)81(69)59-44-56(77(7,8)9)41-57(45-59)78(10,11)12/h13-45H,1-12H3. The van der Waals surface area contributed by atoms with Crippen LogP contribution in [0, 0.1) is 0 Å². The maximum Gasteiger partial charge on any atom is 0.252 e. The normalized spacial score (nSPS) is 13.9. The summed E-state index contributed by atoms with van der Waals surface area (Å²) in [7, 11) is 0. The monoisotopic (exact) mass is 1040 g/mol. The molecule has 0 unspecified atom stereocenters. The van der Waals surface area contributed by atoms with Gasteiger partial charge in [-0.2, -0.15) is 0 Å². The molecule has 0 atom stereocenters. The van der Waals surface area contributed by atoms with Crippen LogP contribution in [0.1, 0.15) is 105 Å². The zero-order valence-corrected chi connectivity index (χ0v) is 49.0. The number of rotatable bonds is 3. The minimum atomic E-state index is -0.110. The van der Waals surface area contributed by atoms with Gasteiger partial charge in [0.25, 0.3) is 6.71 Å². The second kappa shape index (κ2) is 17.1. The molecule has 13 aromatic rings. The van der Waals surface area contributed by atoms with Crippen LogP contribution in [-0.4, -0.2) is 6.71 Å². The van der Waals surface area contributed by atoms with Gasteiger partial charge < -0.3 is 9.80 Å². The van der Waals surface area contributed by atoms with Crippen molar-refractivity contribution in [1.29, 1.82) is 0 Å². The largest absolute Gasteiger partial charge is 0.311 e. The summed E-state index contributed by atoms with van der Waals surface area (Å²) in [4.78, 5) is 5.43. The van der Waals surface area contributed by atoms with Gasteiger partial charge >= 0.3 is 0 Å². The third-order valence-electron chi connectivity index (χ3n) is 18.4. The SMILES string of the molecule is CC(C)(C)c1cc(N2c3cc(-c4cc5ccc6cccc7ccc(c4)c5c67)cc4c3B(c3ccc5c(ccc6ccccc65)c32)c2ccc3c(ccc5ccccc53)c2N4c2cc(C(C)(C)C)cc(C(C)(C)C)c2)cc(C(C)(C)C)c1. The summed E-state index contributed by atoms with van der Waals surface area (Å²) >= 11 is 0. The predicted molar refractivity (Wildman–Crippen MR) is 354 cm³/mol. The molecule has 2 aliphatic heterocycles. The summed E-state index contributed by atoms with van der Waals surface area (Å²) in [5.74, 6) is 0. The lowest BCUT2D eigenvalue weighted by atomic mass is 9.33. The van der Waals surface area contributed by atoms with E-state index in [1.807, 2.05) is 0 Å². The second-order valence-corrected chi connectivity index (χ2v) is 27.8. The summed E-state index contributed by atoms with van der Waals surface area (Å²) in [6, 6.07) is 78.5. The van der Waals surface area contributed by atoms with Crippen molar-refractivity contribution >= 4 is 133 Å². The van der Waals surface area contributed by atoms with Crippen LogP contribution in [0.15, 0.2) is 200 Å². The van der Waals surface area contributed by atoms with Gasteiger partial charge in [-0.05, 0) is 185 Å². The molecule has 15 rings (SSSR count). The van der Waals surface area contributed by atoms with Crippen molar-refractivity contribution in [2.45, 2.75) is 105 Å². The molecule has 0 fully saturated rings. The molecule has 2 aliphatic rings. The summed E-state index contributed by atoms with van der Waals surface area (Å²) in [6.45, 7) is 28.3. The molecule has 13 aromatic carbocycles. The lowest BCUT2D eigenvalue weighted by Gasteiger charge is -2.46. The van der Waals surface area contributed by atoms with Crippen LogP contribution in [0.3, 0.4) is 0 Å². The van der Waals surface area contributed by atoms with Gasteiger partial charge in [0.05, 0.1) is 0 Å². The smallest absolute Gasteiger partial charge is 0.252 e. The number of hydrogen-bond acceptors (Lipinski definition) is 2. The van der Waals surface area contributed by atoms with Crippen molar-refractivity contribution in [3.63, 3.8) is 0 Å². The van der Waals surface area contributed by atoms with Crippen molar-refractivity contribution in [2.75, 3.05) is 9.80 Å². The zero-order valence-electron chi connectivity index (χ0n) is 49.0. The van der Waals surface area contributed by atoms with Crippen molar-refractivity contribution < 1.29 is 0 Å².